The van der Waals surface area contributed by atoms with Crippen molar-refractivity contribution in [2.45, 2.75) is 57.2 Å². The van der Waals surface area contributed by atoms with Crippen LogP contribution in [0.15, 0.2) is 30.3 Å². The van der Waals surface area contributed by atoms with Crippen molar-refractivity contribution >= 4 is 30.7 Å². The van der Waals surface area contributed by atoms with Crippen LogP contribution >= 0.6 is 0 Å². The van der Waals surface area contributed by atoms with E-state index in [1.807, 2.05) is 13.8 Å². The molecule has 13 heteroatoms. The fourth-order valence-corrected chi connectivity index (χ4v) is 3.13. The zero-order valence-electron chi connectivity index (χ0n) is 19.3. The summed E-state index contributed by atoms with van der Waals surface area (Å²) in [4.78, 5) is 49.3. The fraction of sp³-hybridized carbons (Fsp3) is 0.524. The number of aliphatic hydroxyl groups excluding tert-OH is 1. The molecule has 1 aromatic carbocycles. The molecule has 0 aliphatic heterocycles. The molecule has 188 valence electrons. The van der Waals surface area contributed by atoms with Crippen LogP contribution in [0.5, 0.6) is 0 Å². The quantitative estimate of drug-likeness (QED) is 0.128. The van der Waals surface area contributed by atoms with Gasteiger partial charge < -0.3 is 42.6 Å². The Labute approximate surface area is 198 Å². The molecule has 0 spiro atoms. The van der Waals surface area contributed by atoms with Crippen molar-refractivity contribution < 1.29 is 34.3 Å². The van der Waals surface area contributed by atoms with Gasteiger partial charge in [-0.05, 0) is 24.3 Å². The Morgan fingerprint density at radius 3 is 2.00 bits per heavy atom. The zero-order chi connectivity index (χ0) is 25.8. The Hall–Kier alpha value is -3.00. The summed E-state index contributed by atoms with van der Waals surface area (Å²) in [6.07, 6.45) is -0.297. The van der Waals surface area contributed by atoms with E-state index in [9.17, 15) is 29.2 Å². The van der Waals surface area contributed by atoms with E-state index in [0.29, 0.717) is 0 Å². The number of aliphatic hydroxyl groups is 1. The third-order valence-corrected chi connectivity index (χ3v) is 4.90. The summed E-state index contributed by atoms with van der Waals surface area (Å²) in [5, 5.41) is 35.7. The number of benzene rings is 1. The van der Waals surface area contributed by atoms with Crippen molar-refractivity contribution in [1.29, 1.82) is 0 Å². The molecule has 4 amide bonds. The highest BCUT2D eigenvalue weighted by Crippen LogP contribution is 2.08. The van der Waals surface area contributed by atoms with Crippen molar-refractivity contribution in [2.24, 2.45) is 17.4 Å². The molecule has 0 unspecified atom stereocenters. The van der Waals surface area contributed by atoms with Crippen molar-refractivity contribution in [2.75, 3.05) is 6.61 Å². The number of carbonyl (C=O) groups is 4. The van der Waals surface area contributed by atoms with Crippen molar-refractivity contribution in [3.63, 3.8) is 0 Å². The first-order chi connectivity index (χ1) is 15.9. The Bertz CT molecular complexity index is 825. The predicted molar refractivity (Wildman–Crippen MR) is 124 cm³/mol. The number of amides is 4. The number of nitrogens with one attached hydrogen (secondary N) is 3. The lowest BCUT2D eigenvalue weighted by atomic mass is 9.75. The topological polar surface area (TPSA) is 217 Å². The molecule has 0 aliphatic carbocycles. The average molecular weight is 479 g/mol. The molecule has 4 atom stereocenters. The summed E-state index contributed by atoms with van der Waals surface area (Å²) >= 11 is 0. The van der Waals surface area contributed by atoms with Gasteiger partial charge in [-0.15, -0.1) is 0 Å². The van der Waals surface area contributed by atoms with Crippen LogP contribution in [0.25, 0.3) is 0 Å². The molecule has 1 rings (SSSR count). The zero-order valence-corrected chi connectivity index (χ0v) is 19.3. The van der Waals surface area contributed by atoms with E-state index >= 15 is 0 Å². The van der Waals surface area contributed by atoms with E-state index in [1.165, 1.54) is 0 Å². The Morgan fingerprint density at radius 1 is 0.941 bits per heavy atom. The van der Waals surface area contributed by atoms with Crippen LogP contribution in [0.3, 0.4) is 0 Å². The fourth-order valence-electron chi connectivity index (χ4n) is 3.13. The highest BCUT2D eigenvalue weighted by atomic mass is 16.4. The lowest BCUT2D eigenvalue weighted by molar-refractivity contribution is -0.134. The number of hydrogen-bond donors (Lipinski definition) is 8. The van der Waals surface area contributed by atoms with E-state index in [0.717, 1.165) is 5.56 Å². The second-order valence-electron chi connectivity index (χ2n) is 8.43. The minimum atomic E-state index is -1.91. The van der Waals surface area contributed by atoms with Gasteiger partial charge in [-0.2, -0.15) is 0 Å². The van der Waals surface area contributed by atoms with Crippen molar-refractivity contribution in [1.82, 2.24) is 16.0 Å². The van der Waals surface area contributed by atoms with Crippen LogP contribution in [0.1, 0.15) is 32.3 Å². The molecule has 0 aromatic heterocycles. The lowest BCUT2D eigenvalue weighted by Gasteiger charge is -2.26. The predicted octanol–water partition coefficient (Wildman–Crippen LogP) is -3.06. The molecular weight excluding hydrogens is 445 g/mol. The summed E-state index contributed by atoms with van der Waals surface area (Å²) in [6, 6.07) is 4.99. The van der Waals surface area contributed by atoms with Crippen molar-refractivity contribution in [3.8, 4) is 0 Å². The van der Waals surface area contributed by atoms with Gasteiger partial charge in [0.2, 0.25) is 23.6 Å². The van der Waals surface area contributed by atoms with Gasteiger partial charge in [0.1, 0.15) is 18.1 Å². The van der Waals surface area contributed by atoms with E-state index in [-0.39, 0.29) is 18.8 Å². The molecule has 0 saturated heterocycles. The van der Waals surface area contributed by atoms with Gasteiger partial charge in [0.15, 0.2) is 0 Å². The molecule has 0 heterocycles. The standard InChI is InChI=1S/C21H34BN5O7/c1-12(2)8-15(25-19(30)14(23)11-28)20(31)26-16(10-18(24)29)21(32)27-17(22(33)34)9-13-6-4-3-5-7-13/h3-7,12,14-17,28,33-34H,8-11,23H2,1-2H3,(H2,24,29)(H,25,30)(H,26,31)(H,27,32)/t14-,15-,16-,17-/m0/s1. The first-order valence-electron chi connectivity index (χ1n) is 10.9. The third kappa shape index (κ3) is 10.3. The summed E-state index contributed by atoms with van der Waals surface area (Å²) < 4.78 is 0. The number of nitrogens with two attached hydrogens (primary N) is 2. The smallest absolute Gasteiger partial charge is 0.426 e. The lowest BCUT2D eigenvalue weighted by Crippen LogP contribution is -2.59. The Morgan fingerprint density at radius 2 is 1.50 bits per heavy atom. The number of rotatable bonds is 14. The molecule has 0 fully saturated rings. The molecule has 0 aliphatic rings. The second kappa shape index (κ2) is 14.3. The van der Waals surface area contributed by atoms with E-state index < -0.39 is 67.8 Å². The van der Waals surface area contributed by atoms with Gasteiger partial charge in [0.05, 0.1) is 19.0 Å². The Balaban J connectivity index is 2.99. The van der Waals surface area contributed by atoms with Crippen LogP contribution < -0.4 is 27.4 Å². The molecular formula is C21H34BN5O7. The summed E-state index contributed by atoms with van der Waals surface area (Å²) in [5.41, 5.74) is 11.4. The Kier molecular flexibility index (Phi) is 12.2. The maximum absolute atomic E-state index is 12.9. The van der Waals surface area contributed by atoms with Crippen LogP contribution in [0.2, 0.25) is 0 Å². The average Bonchev–Trinajstić information content (AvgIpc) is 2.76. The van der Waals surface area contributed by atoms with E-state index in [4.69, 9.17) is 16.6 Å². The number of primary amides is 1. The molecule has 0 radical (unpaired) electrons. The minimum Gasteiger partial charge on any atom is -0.426 e. The van der Waals surface area contributed by atoms with Crippen LogP contribution in [0.4, 0.5) is 0 Å². The molecule has 10 N–H and O–H groups in total. The third-order valence-electron chi connectivity index (χ3n) is 4.90. The SMILES string of the molecule is CC(C)C[C@H](NC(=O)[C@@H](N)CO)C(=O)N[C@@H](CC(N)=O)C(=O)N[C@@H](Cc1ccccc1)B(O)O. The summed E-state index contributed by atoms with van der Waals surface area (Å²) in [6.45, 7) is 2.99. The monoisotopic (exact) mass is 479 g/mol. The first kappa shape index (κ1) is 29.0. The van der Waals surface area contributed by atoms with Gasteiger partial charge in [-0.3, -0.25) is 19.2 Å². The normalized spacial score (nSPS) is 14.4. The van der Waals surface area contributed by atoms with Gasteiger partial charge in [0, 0.05) is 0 Å². The number of carbonyl (C=O) groups excluding carboxylic acids is 4. The maximum atomic E-state index is 12.9. The van der Waals surface area contributed by atoms with Crippen LogP contribution in [-0.4, -0.2) is 76.6 Å². The van der Waals surface area contributed by atoms with Gasteiger partial charge >= 0.3 is 7.12 Å². The molecule has 12 nitrogen and oxygen atoms in total. The highest BCUT2D eigenvalue weighted by molar-refractivity contribution is 6.43. The summed E-state index contributed by atoms with van der Waals surface area (Å²) in [5.74, 6) is -4.43. The molecule has 1 aromatic rings. The largest absolute Gasteiger partial charge is 0.475 e. The van der Waals surface area contributed by atoms with Crippen molar-refractivity contribution in [3.05, 3.63) is 35.9 Å². The second-order valence-corrected chi connectivity index (χ2v) is 8.43. The molecule has 0 saturated carbocycles. The van der Waals surface area contributed by atoms with E-state index in [1.54, 1.807) is 30.3 Å². The first-order valence-corrected chi connectivity index (χ1v) is 10.9. The summed E-state index contributed by atoms with van der Waals surface area (Å²) in [7, 11) is -1.91. The van der Waals surface area contributed by atoms with Gasteiger partial charge in [-0.1, -0.05) is 44.2 Å². The van der Waals surface area contributed by atoms with Gasteiger partial charge in [-0.25, -0.2) is 0 Å². The van der Waals surface area contributed by atoms with E-state index in [2.05, 4.69) is 16.0 Å². The minimum absolute atomic E-state index is 0.0374. The molecule has 34 heavy (non-hydrogen) atoms. The van der Waals surface area contributed by atoms with Crippen LogP contribution in [-0.2, 0) is 25.6 Å². The van der Waals surface area contributed by atoms with Gasteiger partial charge in [0.25, 0.3) is 0 Å². The molecule has 0 bridgehead atoms. The number of hydrogen-bond acceptors (Lipinski definition) is 8. The highest BCUT2D eigenvalue weighted by Gasteiger charge is 2.32. The van der Waals surface area contributed by atoms with Crippen LogP contribution in [0, 0.1) is 5.92 Å². The maximum Gasteiger partial charge on any atom is 0.475 e.